The van der Waals surface area contributed by atoms with Crippen molar-refractivity contribution in [2.75, 3.05) is 6.61 Å². The summed E-state index contributed by atoms with van der Waals surface area (Å²) in [4.78, 5) is 21.3. The molecule has 13 heteroatoms. The third kappa shape index (κ3) is 4.61. The van der Waals surface area contributed by atoms with E-state index in [1.54, 1.807) is 0 Å². The Balaban J connectivity index is 1.93. The lowest BCUT2D eigenvalue weighted by atomic mass is 9.99. The second-order valence-electron chi connectivity index (χ2n) is 6.98. The van der Waals surface area contributed by atoms with E-state index in [0.29, 0.717) is 0 Å². The molecule has 1 fully saturated rings. The number of hydrogen-bond acceptors (Lipinski definition) is 11. The highest BCUT2D eigenvalue weighted by atomic mass is 16.7. The first-order valence-electron chi connectivity index (χ1n) is 9.31. The van der Waals surface area contributed by atoms with Gasteiger partial charge in [0, 0.05) is 6.07 Å². The molecule has 0 unspecified atom stereocenters. The summed E-state index contributed by atoms with van der Waals surface area (Å²) < 4.78 is 16.2. The third-order valence-electron chi connectivity index (χ3n) is 4.83. The Labute approximate surface area is 180 Å². The highest BCUT2D eigenvalue weighted by molar-refractivity contribution is 5.58. The fourth-order valence-corrected chi connectivity index (χ4v) is 3.10. The van der Waals surface area contributed by atoms with Gasteiger partial charge in [0.2, 0.25) is 17.8 Å². The van der Waals surface area contributed by atoms with Crippen LogP contribution >= 0.6 is 0 Å². The van der Waals surface area contributed by atoms with Gasteiger partial charge in [-0.1, -0.05) is 12.1 Å². The molecule has 0 aliphatic carbocycles. The number of benzene rings is 2. The molecular formula is C19H20N2O11. The number of ether oxygens (including phenoxy) is 3. The molecular weight excluding hydrogens is 432 g/mol. The molecule has 2 aromatic rings. The molecule has 3 rings (SSSR count). The number of nitro benzene ring substituents is 2. The number of aliphatic hydroxyl groups is 4. The SMILES string of the molecule is Cc1cc(Oc2ccccc2[N+](=O)[O-])c([N+](=O)[O-])cc1O[C@H]1O[C@H](CO)[C@@H](O)[C@H](O)[C@@H]1O. The van der Waals surface area contributed by atoms with Gasteiger partial charge >= 0.3 is 11.4 Å². The van der Waals surface area contributed by atoms with E-state index >= 15 is 0 Å². The lowest BCUT2D eigenvalue weighted by molar-refractivity contribution is -0.387. The highest BCUT2D eigenvalue weighted by Gasteiger charge is 2.45. The maximum absolute atomic E-state index is 11.6. The zero-order chi connectivity index (χ0) is 23.6. The molecule has 1 heterocycles. The summed E-state index contributed by atoms with van der Waals surface area (Å²) in [7, 11) is 0. The number of nitrogens with zero attached hydrogens (tertiary/aromatic N) is 2. The van der Waals surface area contributed by atoms with Crippen LogP contribution in [0.5, 0.6) is 17.2 Å². The third-order valence-corrected chi connectivity index (χ3v) is 4.83. The molecule has 1 aliphatic rings. The second-order valence-corrected chi connectivity index (χ2v) is 6.98. The van der Waals surface area contributed by atoms with Gasteiger partial charge in [-0.25, -0.2) is 0 Å². The molecule has 0 saturated carbocycles. The minimum Gasteiger partial charge on any atom is -0.461 e. The normalized spacial score (nSPS) is 25.2. The summed E-state index contributed by atoms with van der Waals surface area (Å²) in [5.41, 5.74) is -0.699. The van der Waals surface area contributed by atoms with Crippen molar-refractivity contribution >= 4 is 11.4 Å². The van der Waals surface area contributed by atoms with Gasteiger partial charge in [-0.15, -0.1) is 0 Å². The Hall–Kier alpha value is -3.36. The summed E-state index contributed by atoms with van der Waals surface area (Å²) in [6.07, 6.45) is -7.78. The molecule has 1 aliphatic heterocycles. The average molecular weight is 452 g/mol. The van der Waals surface area contributed by atoms with Gasteiger partial charge in [0.15, 0.2) is 0 Å². The predicted molar refractivity (Wildman–Crippen MR) is 105 cm³/mol. The average Bonchev–Trinajstić information content (AvgIpc) is 2.75. The molecule has 5 atom stereocenters. The zero-order valence-electron chi connectivity index (χ0n) is 16.6. The van der Waals surface area contributed by atoms with E-state index in [2.05, 4.69) is 0 Å². The van der Waals surface area contributed by atoms with Crippen molar-refractivity contribution in [3.05, 3.63) is 62.2 Å². The lowest BCUT2D eigenvalue weighted by Crippen LogP contribution is -2.60. The van der Waals surface area contributed by atoms with Crippen LogP contribution < -0.4 is 9.47 Å². The van der Waals surface area contributed by atoms with Gasteiger partial charge in [-0.05, 0) is 24.6 Å². The van der Waals surface area contributed by atoms with Crippen molar-refractivity contribution < 1.29 is 44.5 Å². The number of para-hydroxylation sites is 2. The van der Waals surface area contributed by atoms with Crippen LogP contribution in [-0.4, -0.2) is 67.6 Å². The molecule has 0 bridgehead atoms. The quantitative estimate of drug-likeness (QED) is 0.342. The number of aryl methyl sites for hydroxylation is 1. The zero-order valence-corrected chi connectivity index (χ0v) is 16.6. The van der Waals surface area contributed by atoms with Crippen LogP contribution in [0.2, 0.25) is 0 Å². The van der Waals surface area contributed by atoms with Gasteiger partial charge in [0.1, 0.15) is 30.2 Å². The molecule has 0 aromatic heterocycles. The standard InChI is InChI=1S/C19H20N2O11/c1-9-6-14(30-12-5-3-2-4-10(12)20(26)27)11(21(28)29)7-13(9)31-19-18(25)17(24)16(23)15(8-22)32-19/h2-7,15-19,22-25H,8H2,1H3/t15-,16-,17+,18+,19+/m1/s1. The summed E-state index contributed by atoms with van der Waals surface area (Å²) >= 11 is 0. The van der Waals surface area contributed by atoms with E-state index in [1.165, 1.54) is 37.3 Å². The van der Waals surface area contributed by atoms with Crippen LogP contribution in [0.3, 0.4) is 0 Å². The van der Waals surface area contributed by atoms with E-state index in [-0.39, 0.29) is 28.5 Å². The maximum atomic E-state index is 11.6. The highest BCUT2D eigenvalue weighted by Crippen LogP contribution is 2.40. The van der Waals surface area contributed by atoms with E-state index in [4.69, 9.17) is 14.2 Å². The Morgan fingerprint density at radius 3 is 2.22 bits per heavy atom. The number of rotatable bonds is 7. The molecule has 0 spiro atoms. The first-order chi connectivity index (χ1) is 15.1. The van der Waals surface area contributed by atoms with Gasteiger partial charge < -0.3 is 34.6 Å². The van der Waals surface area contributed by atoms with Crippen LogP contribution in [0.15, 0.2) is 36.4 Å². The second kappa shape index (κ2) is 9.42. The van der Waals surface area contributed by atoms with Crippen LogP contribution in [0.1, 0.15) is 5.56 Å². The van der Waals surface area contributed by atoms with E-state index in [1.807, 2.05) is 0 Å². The van der Waals surface area contributed by atoms with Gasteiger partial charge in [-0.3, -0.25) is 20.2 Å². The molecule has 4 N–H and O–H groups in total. The number of aliphatic hydroxyl groups excluding tert-OH is 4. The van der Waals surface area contributed by atoms with Crippen LogP contribution in [-0.2, 0) is 4.74 Å². The minimum absolute atomic E-state index is 0.115. The van der Waals surface area contributed by atoms with Crippen molar-refractivity contribution in [2.45, 2.75) is 37.6 Å². The molecule has 0 radical (unpaired) electrons. The van der Waals surface area contributed by atoms with Gasteiger partial charge in [0.05, 0.1) is 22.5 Å². The fourth-order valence-electron chi connectivity index (χ4n) is 3.10. The topological polar surface area (TPSA) is 195 Å². The van der Waals surface area contributed by atoms with Crippen molar-refractivity contribution in [2.24, 2.45) is 0 Å². The van der Waals surface area contributed by atoms with Crippen molar-refractivity contribution in [3.8, 4) is 17.2 Å². The van der Waals surface area contributed by atoms with Crippen molar-refractivity contribution in [3.63, 3.8) is 0 Å². The van der Waals surface area contributed by atoms with Gasteiger partial charge in [0.25, 0.3) is 0 Å². The molecule has 0 amide bonds. The summed E-state index contributed by atoms with van der Waals surface area (Å²) in [6.45, 7) is 0.821. The van der Waals surface area contributed by atoms with E-state index in [0.717, 1.165) is 6.07 Å². The first kappa shape index (κ1) is 23.3. The molecule has 172 valence electrons. The largest absolute Gasteiger partial charge is 0.461 e. The molecule has 13 nitrogen and oxygen atoms in total. The maximum Gasteiger partial charge on any atom is 0.315 e. The summed E-state index contributed by atoms with van der Waals surface area (Å²) in [6, 6.07) is 7.55. The molecule has 2 aromatic carbocycles. The van der Waals surface area contributed by atoms with Crippen molar-refractivity contribution in [1.29, 1.82) is 0 Å². The smallest absolute Gasteiger partial charge is 0.315 e. The minimum atomic E-state index is -1.71. The predicted octanol–water partition coefficient (Wildman–Crippen LogP) is 0.782. The van der Waals surface area contributed by atoms with Crippen LogP contribution in [0.25, 0.3) is 0 Å². The summed E-state index contributed by atoms with van der Waals surface area (Å²) in [5.74, 6) is -0.610. The summed E-state index contributed by atoms with van der Waals surface area (Å²) in [5, 5.41) is 61.9. The van der Waals surface area contributed by atoms with E-state index in [9.17, 15) is 40.7 Å². The monoisotopic (exact) mass is 452 g/mol. The number of hydrogen-bond donors (Lipinski definition) is 4. The van der Waals surface area contributed by atoms with Crippen molar-refractivity contribution in [1.82, 2.24) is 0 Å². The molecule has 32 heavy (non-hydrogen) atoms. The molecule has 1 saturated heterocycles. The van der Waals surface area contributed by atoms with Gasteiger partial charge in [-0.2, -0.15) is 0 Å². The Morgan fingerprint density at radius 1 is 0.938 bits per heavy atom. The Kier molecular flexibility index (Phi) is 6.86. The fraction of sp³-hybridized carbons (Fsp3) is 0.368. The Bertz CT molecular complexity index is 1010. The van der Waals surface area contributed by atoms with Crippen LogP contribution in [0.4, 0.5) is 11.4 Å². The van der Waals surface area contributed by atoms with Crippen LogP contribution in [0, 0.1) is 27.2 Å². The Morgan fingerprint density at radius 2 is 1.59 bits per heavy atom. The number of nitro groups is 2. The van der Waals surface area contributed by atoms with E-state index < -0.39 is 52.8 Å². The first-order valence-corrected chi connectivity index (χ1v) is 9.31. The lowest BCUT2D eigenvalue weighted by Gasteiger charge is -2.39.